The molecule has 3 aromatic rings. The molecule has 150 valence electrons. The number of hydrogen-bond acceptors (Lipinski definition) is 4. The van der Waals surface area contributed by atoms with Crippen molar-refractivity contribution in [2.45, 2.75) is 19.4 Å². The van der Waals surface area contributed by atoms with Gasteiger partial charge in [-0.1, -0.05) is 53.5 Å². The third kappa shape index (κ3) is 7.00. The number of carbonyl (C=O) groups excluding carboxylic acids is 1. The Morgan fingerprint density at radius 1 is 0.828 bits per heavy atom. The normalized spacial score (nSPS) is 10.4. The molecule has 0 unspecified atom stereocenters. The molecule has 3 rings (SSSR count). The van der Waals surface area contributed by atoms with Crippen LogP contribution in [-0.2, 0) is 11.4 Å². The number of esters is 1. The largest absolute Gasteiger partial charge is 0.492 e. The van der Waals surface area contributed by atoms with Gasteiger partial charge in [-0.3, -0.25) is 4.79 Å². The van der Waals surface area contributed by atoms with E-state index in [1.807, 2.05) is 30.3 Å². The van der Waals surface area contributed by atoms with E-state index in [2.05, 4.69) is 0 Å². The summed E-state index contributed by atoms with van der Waals surface area (Å²) in [6, 6.07) is 21.9. The van der Waals surface area contributed by atoms with E-state index in [4.69, 9.17) is 37.4 Å². The summed E-state index contributed by atoms with van der Waals surface area (Å²) in [7, 11) is 0. The molecule has 0 atom stereocenters. The first kappa shape index (κ1) is 21.0. The second kappa shape index (κ2) is 10.7. The summed E-state index contributed by atoms with van der Waals surface area (Å²) in [6.45, 7) is 0.834. The lowest BCUT2D eigenvalue weighted by Crippen LogP contribution is -2.10. The molecule has 0 aliphatic heterocycles. The molecular formula is C23H20Cl2O4. The Balaban J connectivity index is 1.37. The van der Waals surface area contributed by atoms with Crippen molar-refractivity contribution in [3.8, 4) is 17.2 Å². The van der Waals surface area contributed by atoms with Crippen LogP contribution >= 0.6 is 23.2 Å². The van der Waals surface area contributed by atoms with Gasteiger partial charge < -0.3 is 14.2 Å². The predicted octanol–water partition coefficient (Wildman–Crippen LogP) is 6.34. The highest BCUT2D eigenvalue weighted by atomic mass is 35.5. The van der Waals surface area contributed by atoms with Gasteiger partial charge in [-0.2, -0.15) is 0 Å². The minimum absolute atomic E-state index is 0.234. The molecule has 0 N–H and O–H groups in total. The number of rotatable bonds is 9. The lowest BCUT2D eigenvalue weighted by atomic mass is 10.2. The first-order valence-electron chi connectivity index (χ1n) is 9.15. The minimum atomic E-state index is -0.325. The van der Waals surface area contributed by atoms with Crippen LogP contribution in [0.15, 0.2) is 72.8 Å². The molecule has 0 aromatic heterocycles. The summed E-state index contributed by atoms with van der Waals surface area (Å²) in [6.07, 6.45) is 0.744. The van der Waals surface area contributed by atoms with Crippen LogP contribution in [0.3, 0.4) is 0 Å². The number of benzene rings is 3. The Bertz CT molecular complexity index is 927. The van der Waals surface area contributed by atoms with Gasteiger partial charge in [0.25, 0.3) is 0 Å². The first-order valence-corrected chi connectivity index (χ1v) is 9.91. The Labute approximate surface area is 179 Å². The van der Waals surface area contributed by atoms with Crippen molar-refractivity contribution in [1.82, 2.24) is 0 Å². The lowest BCUT2D eigenvalue weighted by molar-refractivity contribution is -0.134. The van der Waals surface area contributed by atoms with Crippen molar-refractivity contribution in [3.63, 3.8) is 0 Å². The molecular weight excluding hydrogens is 411 g/mol. The molecule has 4 nitrogen and oxygen atoms in total. The maximum atomic E-state index is 12.0. The van der Waals surface area contributed by atoms with Crippen LogP contribution in [0.5, 0.6) is 17.2 Å². The van der Waals surface area contributed by atoms with Gasteiger partial charge in [-0.15, -0.1) is 0 Å². The highest BCUT2D eigenvalue weighted by Gasteiger charge is 2.07. The average Bonchev–Trinajstić information content (AvgIpc) is 2.73. The quantitative estimate of drug-likeness (QED) is 0.225. The fraction of sp³-hybridized carbons (Fsp3) is 0.174. The highest BCUT2D eigenvalue weighted by Crippen LogP contribution is 2.27. The zero-order valence-electron chi connectivity index (χ0n) is 15.6. The minimum Gasteiger partial charge on any atom is -0.492 e. The topological polar surface area (TPSA) is 44.8 Å². The average molecular weight is 431 g/mol. The first-order chi connectivity index (χ1) is 14.1. The van der Waals surface area contributed by atoms with E-state index in [1.54, 1.807) is 42.5 Å². The summed E-state index contributed by atoms with van der Waals surface area (Å²) >= 11 is 11.9. The molecule has 0 spiro atoms. The zero-order chi connectivity index (χ0) is 20.5. The van der Waals surface area contributed by atoms with Crippen molar-refractivity contribution in [1.29, 1.82) is 0 Å². The van der Waals surface area contributed by atoms with Gasteiger partial charge in [-0.05, 0) is 54.4 Å². The SMILES string of the molecule is O=C(CCCOc1ccc(Cl)cc1Cl)Oc1ccc(OCc2ccccc2)cc1. The lowest BCUT2D eigenvalue weighted by Gasteiger charge is -2.09. The van der Waals surface area contributed by atoms with Crippen molar-refractivity contribution in [3.05, 3.63) is 88.4 Å². The van der Waals surface area contributed by atoms with E-state index in [0.717, 1.165) is 5.56 Å². The highest BCUT2D eigenvalue weighted by molar-refractivity contribution is 6.35. The molecule has 0 bridgehead atoms. The Kier molecular flexibility index (Phi) is 7.79. The number of halogens is 2. The van der Waals surface area contributed by atoms with E-state index >= 15 is 0 Å². The van der Waals surface area contributed by atoms with Gasteiger partial charge >= 0.3 is 5.97 Å². The molecule has 0 saturated heterocycles. The summed E-state index contributed by atoms with van der Waals surface area (Å²) in [5, 5.41) is 0.983. The summed E-state index contributed by atoms with van der Waals surface area (Å²) in [5.74, 6) is 1.40. The Morgan fingerprint density at radius 2 is 1.55 bits per heavy atom. The van der Waals surface area contributed by atoms with Crippen molar-refractivity contribution in [2.24, 2.45) is 0 Å². The second-order valence-electron chi connectivity index (χ2n) is 6.25. The van der Waals surface area contributed by atoms with Gasteiger partial charge in [0.05, 0.1) is 11.6 Å². The van der Waals surface area contributed by atoms with Crippen LogP contribution in [0, 0.1) is 0 Å². The van der Waals surface area contributed by atoms with E-state index in [1.165, 1.54) is 0 Å². The van der Waals surface area contributed by atoms with Crippen molar-refractivity contribution < 1.29 is 19.0 Å². The number of carbonyl (C=O) groups is 1. The van der Waals surface area contributed by atoms with E-state index < -0.39 is 0 Å². The van der Waals surface area contributed by atoms with Crippen LogP contribution in [0.4, 0.5) is 0 Å². The standard InChI is InChI=1S/C23H20Cl2O4/c24-18-8-13-22(21(25)15-18)27-14-4-7-23(26)29-20-11-9-19(10-12-20)28-16-17-5-2-1-3-6-17/h1-3,5-6,8-13,15H,4,7,14,16H2. The summed E-state index contributed by atoms with van der Waals surface area (Å²) < 4.78 is 16.6. The molecule has 0 aliphatic rings. The van der Waals surface area contributed by atoms with Gasteiger partial charge in [0.2, 0.25) is 0 Å². The van der Waals surface area contributed by atoms with Gasteiger partial charge in [0, 0.05) is 11.4 Å². The predicted molar refractivity (Wildman–Crippen MR) is 114 cm³/mol. The van der Waals surface area contributed by atoms with Gasteiger partial charge in [-0.25, -0.2) is 0 Å². The third-order valence-electron chi connectivity index (χ3n) is 3.98. The second-order valence-corrected chi connectivity index (χ2v) is 7.09. The van der Waals surface area contributed by atoms with Crippen LogP contribution in [0.2, 0.25) is 10.0 Å². The maximum absolute atomic E-state index is 12.0. The van der Waals surface area contributed by atoms with E-state index in [9.17, 15) is 4.79 Å². The van der Waals surface area contributed by atoms with E-state index in [-0.39, 0.29) is 12.4 Å². The van der Waals surface area contributed by atoms with Gasteiger partial charge in [0.15, 0.2) is 0 Å². The molecule has 29 heavy (non-hydrogen) atoms. The fourth-order valence-corrected chi connectivity index (χ4v) is 2.98. The molecule has 3 aromatic carbocycles. The summed E-state index contributed by atoms with van der Waals surface area (Å²) in [4.78, 5) is 12.0. The zero-order valence-corrected chi connectivity index (χ0v) is 17.2. The van der Waals surface area contributed by atoms with Crippen LogP contribution < -0.4 is 14.2 Å². The van der Waals surface area contributed by atoms with Crippen LogP contribution in [0.1, 0.15) is 18.4 Å². The monoisotopic (exact) mass is 430 g/mol. The van der Waals surface area contributed by atoms with Crippen LogP contribution in [-0.4, -0.2) is 12.6 Å². The Hall–Kier alpha value is -2.69. The molecule has 0 saturated carbocycles. The molecule has 0 amide bonds. The molecule has 0 aliphatic carbocycles. The molecule has 0 fully saturated rings. The Morgan fingerprint density at radius 3 is 2.28 bits per heavy atom. The van der Waals surface area contributed by atoms with E-state index in [0.29, 0.717) is 46.9 Å². The smallest absolute Gasteiger partial charge is 0.311 e. The van der Waals surface area contributed by atoms with Crippen LogP contribution in [0.25, 0.3) is 0 Å². The fourth-order valence-electron chi connectivity index (χ4n) is 2.52. The molecule has 0 heterocycles. The van der Waals surface area contributed by atoms with Crippen molar-refractivity contribution >= 4 is 29.2 Å². The van der Waals surface area contributed by atoms with Crippen molar-refractivity contribution in [2.75, 3.05) is 6.61 Å². The molecule has 6 heteroatoms. The number of ether oxygens (including phenoxy) is 3. The third-order valence-corrected chi connectivity index (χ3v) is 4.51. The molecule has 0 radical (unpaired) electrons. The number of hydrogen-bond donors (Lipinski definition) is 0. The van der Waals surface area contributed by atoms with Gasteiger partial charge in [0.1, 0.15) is 23.9 Å². The summed E-state index contributed by atoms with van der Waals surface area (Å²) in [5.41, 5.74) is 1.09. The maximum Gasteiger partial charge on any atom is 0.311 e.